The first-order valence-electron chi connectivity index (χ1n) is 9.32. The number of guanidine groups is 1. The van der Waals surface area contributed by atoms with Crippen LogP contribution < -0.4 is 5.32 Å². The van der Waals surface area contributed by atoms with Crippen LogP contribution in [0.3, 0.4) is 0 Å². The molecule has 0 saturated carbocycles. The van der Waals surface area contributed by atoms with Gasteiger partial charge in [-0.25, -0.2) is 0 Å². The Morgan fingerprint density at radius 2 is 2.13 bits per heavy atom. The first-order valence-corrected chi connectivity index (χ1v) is 10.3. The summed E-state index contributed by atoms with van der Waals surface area (Å²) in [6.07, 6.45) is 5.32. The summed E-state index contributed by atoms with van der Waals surface area (Å²) >= 11 is 2.07. The van der Waals surface area contributed by atoms with Gasteiger partial charge in [-0.15, -0.1) is 0 Å². The Hall–Kier alpha value is -0.420. The second-order valence-corrected chi connectivity index (χ2v) is 9.56. The summed E-state index contributed by atoms with van der Waals surface area (Å²) < 4.78 is 0.334. The molecule has 1 unspecified atom stereocenters. The van der Waals surface area contributed by atoms with Crippen LogP contribution in [0.4, 0.5) is 0 Å². The molecule has 0 aromatic carbocycles. The first kappa shape index (κ1) is 18.9. The van der Waals surface area contributed by atoms with Gasteiger partial charge in [0.2, 0.25) is 0 Å². The Kier molecular flexibility index (Phi) is 7.54. The zero-order valence-corrected chi connectivity index (χ0v) is 16.4. The number of nitrogens with one attached hydrogen (secondary N) is 1. The van der Waals surface area contributed by atoms with Crippen LogP contribution in [0, 0.1) is 5.92 Å². The highest BCUT2D eigenvalue weighted by Crippen LogP contribution is 2.29. The summed E-state index contributed by atoms with van der Waals surface area (Å²) in [5, 5.41) is 3.57. The van der Waals surface area contributed by atoms with E-state index in [0.717, 1.165) is 31.5 Å². The molecule has 2 heterocycles. The third-order valence-electron chi connectivity index (χ3n) is 4.86. The normalized spacial score (nSPS) is 26.3. The van der Waals surface area contributed by atoms with Crippen molar-refractivity contribution in [2.24, 2.45) is 10.9 Å². The van der Waals surface area contributed by atoms with Crippen molar-refractivity contribution in [3.63, 3.8) is 0 Å². The van der Waals surface area contributed by atoms with Gasteiger partial charge < -0.3 is 15.1 Å². The molecule has 23 heavy (non-hydrogen) atoms. The van der Waals surface area contributed by atoms with Crippen LogP contribution in [0.5, 0.6) is 0 Å². The van der Waals surface area contributed by atoms with E-state index < -0.39 is 0 Å². The van der Waals surface area contributed by atoms with Crippen LogP contribution >= 0.6 is 11.8 Å². The Morgan fingerprint density at radius 1 is 1.30 bits per heavy atom. The van der Waals surface area contributed by atoms with E-state index in [-0.39, 0.29) is 0 Å². The Morgan fingerprint density at radius 3 is 2.83 bits per heavy atom. The van der Waals surface area contributed by atoms with Crippen LogP contribution in [0.1, 0.15) is 46.5 Å². The third kappa shape index (κ3) is 6.54. The highest BCUT2D eigenvalue weighted by Gasteiger charge is 2.28. The van der Waals surface area contributed by atoms with Gasteiger partial charge in [0.25, 0.3) is 0 Å². The van der Waals surface area contributed by atoms with Crippen LogP contribution in [-0.4, -0.2) is 72.6 Å². The van der Waals surface area contributed by atoms with Gasteiger partial charge in [-0.05, 0) is 58.5 Å². The van der Waals surface area contributed by atoms with E-state index >= 15 is 0 Å². The molecular formula is C18H36N4S. The molecule has 0 bridgehead atoms. The molecule has 2 aliphatic rings. The number of unbranched alkanes of at least 4 members (excludes halogenated alkanes) is 1. The van der Waals surface area contributed by atoms with Gasteiger partial charge in [0.15, 0.2) is 5.96 Å². The van der Waals surface area contributed by atoms with E-state index in [0.29, 0.717) is 4.75 Å². The summed E-state index contributed by atoms with van der Waals surface area (Å²) in [6.45, 7) is 14.2. The minimum Gasteiger partial charge on any atom is -0.356 e. The summed E-state index contributed by atoms with van der Waals surface area (Å²) in [4.78, 5) is 9.55. The molecule has 1 N–H and O–H groups in total. The molecule has 0 aliphatic carbocycles. The maximum absolute atomic E-state index is 4.49. The van der Waals surface area contributed by atoms with Crippen molar-refractivity contribution in [3.05, 3.63) is 0 Å². The van der Waals surface area contributed by atoms with Gasteiger partial charge in [-0.1, -0.05) is 6.92 Å². The molecule has 2 saturated heterocycles. The lowest BCUT2D eigenvalue weighted by Crippen LogP contribution is -2.51. The molecule has 1 atom stereocenters. The monoisotopic (exact) mass is 340 g/mol. The molecule has 2 aliphatic heterocycles. The minimum absolute atomic E-state index is 0.334. The van der Waals surface area contributed by atoms with E-state index in [9.17, 15) is 0 Å². The summed E-state index contributed by atoms with van der Waals surface area (Å²) in [6, 6.07) is 0. The van der Waals surface area contributed by atoms with Crippen LogP contribution in [0.15, 0.2) is 4.99 Å². The molecule has 5 heteroatoms. The van der Waals surface area contributed by atoms with Crippen molar-refractivity contribution in [1.29, 1.82) is 0 Å². The number of thioether (sulfide) groups is 1. The molecule has 4 nitrogen and oxygen atoms in total. The fourth-order valence-electron chi connectivity index (χ4n) is 3.68. The number of likely N-dealkylation sites (tertiary alicyclic amines) is 1. The second kappa shape index (κ2) is 9.16. The van der Waals surface area contributed by atoms with E-state index in [1.165, 1.54) is 51.1 Å². The van der Waals surface area contributed by atoms with E-state index in [1.54, 1.807) is 0 Å². The van der Waals surface area contributed by atoms with Crippen LogP contribution in [-0.2, 0) is 0 Å². The number of rotatable bonds is 5. The largest absolute Gasteiger partial charge is 0.356 e. The highest BCUT2D eigenvalue weighted by atomic mass is 32.2. The molecular weight excluding hydrogens is 304 g/mol. The smallest absolute Gasteiger partial charge is 0.193 e. The molecule has 134 valence electrons. The average molecular weight is 341 g/mol. The van der Waals surface area contributed by atoms with Crippen molar-refractivity contribution in [3.8, 4) is 0 Å². The lowest BCUT2D eigenvalue weighted by atomic mass is 10.0. The summed E-state index contributed by atoms with van der Waals surface area (Å²) in [5.74, 6) is 3.17. The van der Waals surface area contributed by atoms with Crippen molar-refractivity contribution < 1.29 is 0 Å². The third-order valence-corrected chi connectivity index (χ3v) is 6.16. The number of hydrogen-bond acceptors (Lipinski definition) is 3. The van der Waals surface area contributed by atoms with Gasteiger partial charge in [-0.3, -0.25) is 4.99 Å². The predicted molar refractivity (Wildman–Crippen MR) is 104 cm³/mol. The maximum Gasteiger partial charge on any atom is 0.193 e. The molecule has 0 spiro atoms. The SMILES string of the molecule is CN=C(NCCCCN1CCCC(C)C1)N1CCSC(C)(C)C1. The molecule has 2 fully saturated rings. The molecule has 0 radical (unpaired) electrons. The second-order valence-electron chi connectivity index (χ2n) is 7.76. The molecule has 0 aromatic heterocycles. The van der Waals surface area contributed by atoms with Crippen LogP contribution in [0.2, 0.25) is 0 Å². The van der Waals surface area contributed by atoms with Crippen molar-refractivity contribution in [2.45, 2.75) is 51.2 Å². The van der Waals surface area contributed by atoms with Crippen LogP contribution in [0.25, 0.3) is 0 Å². The number of aliphatic imine (C=N–C) groups is 1. The van der Waals surface area contributed by atoms with Crippen molar-refractivity contribution >= 4 is 17.7 Å². The number of hydrogen-bond donors (Lipinski definition) is 1. The summed E-state index contributed by atoms with van der Waals surface area (Å²) in [7, 11) is 1.91. The number of piperidine rings is 1. The van der Waals surface area contributed by atoms with E-state index in [2.05, 4.69) is 52.6 Å². The fraction of sp³-hybridized carbons (Fsp3) is 0.944. The first-order chi connectivity index (χ1) is 11.0. The quantitative estimate of drug-likeness (QED) is 0.474. The zero-order chi connectivity index (χ0) is 16.7. The Labute approximate surface area is 147 Å². The Bertz CT molecular complexity index is 383. The van der Waals surface area contributed by atoms with E-state index in [4.69, 9.17) is 0 Å². The van der Waals surface area contributed by atoms with Gasteiger partial charge >= 0.3 is 0 Å². The average Bonchev–Trinajstić information content (AvgIpc) is 2.50. The Balaban J connectivity index is 1.62. The minimum atomic E-state index is 0.334. The number of nitrogens with zero attached hydrogens (tertiary/aromatic N) is 3. The van der Waals surface area contributed by atoms with Crippen molar-refractivity contribution in [2.75, 3.05) is 52.1 Å². The molecule has 2 rings (SSSR count). The van der Waals surface area contributed by atoms with Gasteiger partial charge in [0.05, 0.1) is 0 Å². The van der Waals surface area contributed by atoms with Crippen molar-refractivity contribution in [1.82, 2.24) is 15.1 Å². The van der Waals surface area contributed by atoms with Gasteiger partial charge in [0, 0.05) is 43.7 Å². The zero-order valence-electron chi connectivity index (χ0n) is 15.6. The fourth-order valence-corrected chi connectivity index (χ4v) is 4.79. The topological polar surface area (TPSA) is 30.9 Å². The predicted octanol–water partition coefficient (Wildman–Crippen LogP) is 2.90. The maximum atomic E-state index is 4.49. The molecule has 0 amide bonds. The molecule has 0 aromatic rings. The van der Waals surface area contributed by atoms with E-state index in [1.807, 2.05) is 7.05 Å². The highest BCUT2D eigenvalue weighted by molar-refractivity contribution is 8.00. The summed E-state index contributed by atoms with van der Waals surface area (Å²) in [5.41, 5.74) is 0. The lowest BCUT2D eigenvalue weighted by Gasteiger charge is -2.39. The van der Waals surface area contributed by atoms with Gasteiger partial charge in [-0.2, -0.15) is 11.8 Å². The van der Waals surface area contributed by atoms with Gasteiger partial charge in [0.1, 0.15) is 0 Å². The lowest BCUT2D eigenvalue weighted by molar-refractivity contribution is 0.181. The standard InChI is InChI=1S/C18H36N4S/c1-16-8-7-11-21(14-16)10-6-5-9-20-17(19-4)22-12-13-23-18(2,3)15-22/h16H,5-15H2,1-4H3,(H,19,20).